The molecule has 0 radical (unpaired) electrons. The smallest absolute Gasteiger partial charge is 0.255 e. The van der Waals surface area contributed by atoms with E-state index in [4.69, 9.17) is 0 Å². The van der Waals surface area contributed by atoms with Crippen molar-refractivity contribution in [1.29, 1.82) is 0 Å². The SMILES string of the molecule is O=C1CCC(N2Cc3cccc(CN4CCNCC4CC(F)F)c3C2=O)C(=O)N1. The number of hydrogen-bond acceptors (Lipinski definition) is 5. The molecule has 0 aliphatic carbocycles. The van der Waals surface area contributed by atoms with E-state index in [1.807, 2.05) is 23.1 Å². The van der Waals surface area contributed by atoms with Gasteiger partial charge in [0.1, 0.15) is 6.04 Å². The monoisotopic (exact) mass is 406 g/mol. The van der Waals surface area contributed by atoms with Crippen LogP contribution in [-0.4, -0.2) is 65.7 Å². The average molecular weight is 406 g/mol. The van der Waals surface area contributed by atoms with Gasteiger partial charge >= 0.3 is 0 Å². The Balaban J connectivity index is 1.54. The minimum Gasteiger partial charge on any atom is -0.322 e. The fourth-order valence-electron chi connectivity index (χ4n) is 4.49. The topological polar surface area (TPSA) is 81.8 Å². The normalized spacial score (nSPS) is 25.5. The van der Waals surface area contributed by atoms with Crippen molar-refractivity contribution in [3.05, 3.63) is 34.9 Å². The van der Waals surface area contributed by atoms with E-state index < -0.39 is 18.4 Å². The lowest BCUT2D eigenvalue weighted by molar-refractivity contribution is -0.136. The Bertz CT molecular complexity index is 832. The highest BCUT2D eigenvalue weighted by Crippen LogP contribution is 2.31. The van der Waals surface area contributed by atoms with Gasteiger partial charge in [0.2, 0.25) is 18.2 Å². The molecule has 2 N–H and O–H groups in total. The molecular weight excluding hydrogens is 382 g/mol. The zero-order chi connectivity index (χ0) is 20.5. The standard InChI is InChI=1S/C20H24F2N4O3/c21-16(22)8-14-9-23-6-7-25(14)10-12-2-1-3-13-11-26(20(29)18(12)13)15-4-5-17(27)24-19(15)28/h1-3,14-16,23H,4-11H2,(H,24,27,28). The third-order valence-corrected chi connectivity index (χ3v) is 5.93. The van der Waals surface area contributed by atoms with Crippen LogP contribution in [0.25, 0.3) is 0 Å². The van der Waals surface area contributed by atoms with Crippen LogP contribution in [0.2, 0.25) is 0 Å². The number of amides is 3. The number of piperazine rings is 1. The van der Waals surface area contributed by atoms with Crippen molar-refractivity contribution in [1.82, 2.24) is 20.4 Å². The second kappa shape index (κ2) is 8.16. The lowest BCUT2D eigenvalue weighted by Crippen LogP contribution is -2.52. The molecule has 2 atom stereocenters. The van der Waals surface area contributed by atoms with Crippen LogP contribution in [0.1, 0.15) is 40.7 Å². The zero-order valence-corrected chi connectivity index (χ0v) is 16.0. The lowest BCUT2D eigenvalue weighted by Gasteiger charge is -2.36. The van der Waals surface area contributed by atoms with Gasteiger partial charge in [-0.05, 0) is 17.5 Å². The first-order chi connectivity index (χ1) is 13.9. The molecule has 29 heavy (non-hydrogen) atoms. The number of piperidine rings is 1. The van der Waals surface area contributed by atoms with E-state index in [9.17, 15) is 23.2 Å². The lowest BCUT2D eigenvalue weighted by atomic mass is 10.0. The molecule has 3 aliphatic rings. The van der Waals surface area contributed by atoms with E-state index in [2.05, 4.69) is 10.6 Å². The van der Waals surface area contributed by atoms with Crippen molar-refractivity contribution in [2.75, 3.05) is 19.6 Å². The van der Waals surface area contributed by atoms with Gasteiger partial charge in [0.05, 0.1) is 0 Å². The highest BCUT2D eigenvalue weighted by molar-refractivity contribution is 6.05. The molecule has 3 aliphatic heterocycles. The van der Waals surface area contributed by atoms with Crippen LogP contribution in [0.4, 0.5) is 8.78 Å². The molecule has 2 saturated heterocycles. The van der Waals surface area contributed by atoms with Crippen LogP contribution in [0, 0.1) is 0 Å². The number of fused-ring (bicyclic) bond motifs is 1. The molecule has 9 heteroatoms. The summed E-state index contributed by atoms with van der Waals surface area (Å²) in [4.78, 5) is 40.3. The Hall–Kier alpha value is -2.39. The van der Waals surface area contributed by atoms with Gasteiger partial charge in [-0.15, -0.1) is 0 Å². The van der Waals surface area contributed by atoms with E-state index in [0.717, 1.165) is 11.1 Å². The fraction of sp³-hybridized carbons (Fsp3) is 0.550. The number of rotatable bonds is 5. The predicted molar refractivity (Wildman–Crippen MR) is 100 cm³/mol. The Morgan fingerprint density at radius 1 is 1.21 bits per heavy atom. The number of benzene rings is 1. The molecule has 2 unspecified atom stereocenters. The quantitative estimate of drug-likeness (QED) is 0.710. The number of nitrogens with one attached hydrogen (secondary N) is 2. The first-order valence-electron chi connectivity index (χ1n) is 9.92. The third kappa shape index (κ3) is 4.02. The van der Waals surface area contributed by atoms with E-state index in [1.54, 1.807) is 0 Å². The van der Waals surface area contributed by atoms with Crippen molar-refractivity contribution >= 4 is 17.7 Å². The summed E-state index contributed by atoms with van der Waals surface area (Å²) in [5, 5.41) is 5.45. The van der Waals surface area contributed by atoms with Gasteiger partial charge in [0.25, 0.3) is 5.91 Å². The number of alkyl halides is 2. The first kappa shape index (κ1) is 19.9. The summed E-state index contributed by atoms with van der Waals surface area (Å²) in [7, 11) is 0. The van der Waals surface area contributed by atoms with Crippen molar-refractivity contribution in [2.45, 2.75) is 50.9 Å². The van der Waals surface area contributed by atoms with Gasteiger partial charge < -0.3 is 10.2 Å². The Morgan fingerprint density at radius 3 is 2.79 bits per heavy atom. The maximum Gasteiger partial charge on any atom is 0.255 e. The summed E-state index contributed by atoms with van der Waals surface area (Å²) < 4.78 is 25.9. The first-order valence-corrected chi connectivity index (χ1v) is 9.92. The second-order valence-corrected chi connectivity index (χ2v) is 7.81. The summed E-state index contributed by atoms with van der Waals surface area (Å²) in [6.07, 6.45) is -2.07. The number of carbonyl (C=O) groups is 3. The molecule has 7 nitrogen and oxygen atoms in total. The van der Waals surface area contributed by atoms with Crippen LogP contribution in [0.15, 0.2) is 18.2 Å². The van der Waals surface area contributed by atoms with Crippen LogP contribution >= 0.6 is 0 Å². The maximum atomic E-state index is 13.2. The van der Waals surface area contributed by atoms with Crippen molar-refractivity contribution in [2.24, 2.45) is 0 Å². The molecule has 1 aromatic carbocycles. The molecule has 156 valence electrons. The molecule has 2 fully saturated rings. The highest BCUT2D eigenvalue weighted by atomic mass is 19.3. The van der Waals surface area contributed by atoms with Crippen molar-refractivity contribution in [3.8, 4) is 0 Å². The maximum absolute atomic E-state index is 13.2. The van der Waals surface area contributed by atoms with Crippen LogP contribution in [0.5, 0.6) is 0 Å². The van der Waals surface area contributed by atoms with E-state index in [1.165, 1.54) is 4.90 Å². The van der Waals surface area contributed by atoms with Gasteiger partial charge in [-0.25, -0.2) is 8.78 Å². The van der Waals surface area contributed by atoms with Gasteiger partial charge in [-0.3, -0.25) is 24.6 Å². The zero-order valence-electron chi connectivity index (χ0n) is 16.0. The molecule has 0 saturated carbocycles. The average Bonchev–Trinajstić information content (AvgIpc) is 3.00. The van der Waals surface area contributed by atoms with Crippen LogP contribution in [0.3, 0.4) is 0 Å². The van der Waals surface area contributed by atoms with Crippen molar-refractivity contribution < 1.29 is 23.2 Å². The summed E-state index contributed by atoms with van der Waals surface area (Å²) in [6.45, 7) is 2.57. The molecule has 0 spiro atoms. The molecule has 1 aromatic rings. The highest BCUT2D eigenvalue weighted by Gasteiger charge is 2.40. The van der Waals surface area contributed by atoms with Gasteiger partial charge in [0.15, 0.2) is 0 Å². The van der Waals surface area contributed by atoms with E-state index in [0.29, 0.717) is 44.7 Å². The molecule has 0 bridgehead atoms. The van der Waals surface area contributed by atoms with Gasteiger partial charge in [-0.1, -0.05) is 18.2 Å². The molecule has 4 rings (SSSR count). The summed E-state index contributed by atoms with van der Waals surface area (Å²) in [5.41, 5.74) is 2.19. The van der Waals surface area contributed by atoms with Crippen LogP contribution in [-0.2, 0) is 22.7 Å². The van der Waals surface area contributed by atoms with E-state index in [-0.39, 0.29) is 30.7 Å². The molecule has 3 amide bonds. The van der Waals surface area contributed by atoms with Gasteiger partial charge in [-0.2, -0.15) is 0 Å². The molecular formula is C20H24F2N4O3. The number of nitrogens with zero attached hydrogens (tertiary/aromatic N) is 2. The summed E-state index contributed by atoms with van der Waals surface area (Å²) >= 11 is 0. The number of halogens is 2. The van der Waals surface area contributed by atoms with E-state index >= 15 is 0 Å². The van der Waals surface area contributed by atoms with Crippen molar-refractivity contribution in [3.63, 3.8) is 0 Å². The number of carbonyl (C=O) groups excluding carboxylic acids is 3. The molecule has 3 heterocycles. The third-order valence-electron chi connectivity index (χ3n) is 5.93. The fourth-order valence-corrected chi connectivity index (χ4v) is 4.49. The minimum absolute atomic E-state index is 0.208. The number of imide groups is 1. The molecule has 0 aromatic heterocycles. The second-order valence-electron chi connectivity index (χ2n) is 7.81. The Morgan fingerprint density at radius 2 is 2.03 bits per heavy atom. The number of hydrogen-bond donors (Lipinski definition) is 2. The summed E-state index contributed by atoms with van der Waals surface area (Å²) in [6, 6.07) is 4.62. The minimum atomic E-state index is -2.38. The Labute approximate surface area is 167 Å². The Kier molecular flexibility index (Phi) is 5.60. The van der Waals surface area contributed by atoms with Gasteiger partial charge in [0, 0.05) is 57.2 Å². The largest absolute Gasteiger partial charge is 0.322 e. The van der Waals surface area contributed by atoms with Crippen LogP contribution < -0.4 is 10.6 Å². The summed E-state index contributed by atoms with van der Waals surface area (Å²) in [5.74, 6) is -0.992. The predicted octanol–water partition coefficient (Wildman–Crippen LogP) is 0.877.